The summed E-state index contributed by atoms with van der Waals surface area (Å²) in [6.07, 6.45) is -1.12. The Bertz CT molecular complexity index is 1560. The highest BCUT2D eigenvalue weighted by molar-refractivity contribution is 6.01. The van der Waals surface area contributed by atoms with Gasteiger partial charge in [-0.1, -0.05) is 12.1 Å². The lowest BCUT2D eigenvalue weighted by molar-refractivity contribution is -0.137. The highest BCUT2D eigenvalue weighted by atomic mass is 19.1. The second-order valence-electron chi connectivity index (χ2n) is 8.95. The van der Waals surface area contributed by atoms with Crippen LogP contribution in [0.4, 0.5) is 10.1 Å². The Kier molecular flexibility index (Phi) is 6.64. The van der Waals surface area contributed by atoms with E-state index >= 15 is 0 Å². The summed E-state index contributed by atoms with van der Waals surface area (Å²) in [5.41, 5.74) is 7.42. The zero-order chi connectivity index (χ0) is 26.1. The molecule has 5 rings (SSSR count). The van der Waals surface area contributed by atoms with E-state index in [2.05, 4.69) is 15.3 Å². The number of fused-ring (bicyclic) bond motifs is 2. The minimum atomic E-state index is -1.02. The lowest BCUT2D eigenvalue weighted by atomic mass is 10.1. The molecule has 192 valence electrons. The summed E-state index contributed by atoms with van der Waals surface area (Å²) in [7, 11) is 0. The number of halogens is 1. The highest BCUT2D eigenvalue weighted by Gasteiger charge is 2.21. The van der Waals surface area contributed by atoms with Crippen LogP contribution >= 0.6 is 0 Å². The zero-order valence-electron chi connectivity index (χ0n) is 19.8. The number of carbonyl (C=O) groups is 2. The molecule has 6 N–H and O–H groups in total. The molecule has 4 aromatic rings. The summed E-state index contributed by atoms with van der Waals surface area (Å²) in [6.45, 7) is 1.83. The summed E-state index contributed by atoms with van der Waals surface area (Å²) in [5, 5.41) is 13.7. The second kappa shape index (κ2) is 10.0. The number of anilines is 1. The van der Waals surface area contributed by atoms with Gasteiger partial charge in [0.15, 0.2) is 0 Å². The maximum Gasteiger partial charge on any atom is 0.259 e. The number of hydrogen-bond donors (Lipinski definition) is 5. The molecule has 0 radical (unpaired) electrons. The number of nitrogens with two attached hydrogens (primary N) is 1. The molecule has 1 aliphatic rings. The molecule has 2 amide bonds. The Morgan fingerprint density at radius 1 is 1.14 bits per heavy atom. The largest absolute Gasteiger partial charge is 0.397 e. The number of aliphatic hydroxyl groups excluding tert-OH is 1. The van der Waals surface area contributed by atoms with E-state index in [0.29, 0.717) is 48.6 Å². The van der Waals surface area contributed by atoms with E-state index in [1.165, 1.54) is 12.1 Å². The van der Waals surface area contributed by atoms with E-state index in [9.17, 15) is 23.9 Å². The molecular weight excluding hydrogens is 481 g/mol. The minimum Gasteiger partial charge on any atom is -0.397 e. The molecule has 10 nitrogen and oxygen atoms in total. The number of nitrogens with one attached hydrogen (secondary N) is 3. The van der Waals surface area contributed by atoms with Gasteiger partial charge in [0.1, 0.15) is 5.82 Å². The fraction of sp³-hybridized carbons (Fsp3) is 0.269. The van der Waals surface area contributed by atoms with E-state index < -0.39 is 23.4 Å². The molecule has 1 atom stereocenters. The number of aromatic amines is 2. The number of hydrogen-bond acceptors (Lipinski definition) is 6. The van der Waals surface area contributed by atoms with E-state index in [1.54, 1.807) is 35.2 Å². The van der Waals surface area contributed by atoms with Gasteiger partial charge in [-0.15, -0.1) is 0 Å². The predicted molar refractivity (Wildman–Crippen MR) is 137 cm³/mol. The van der Waals surface area contributed by atoms with Crippen molar-refractivity contribution in [3.05, 3.63) is 64.2 Å². The Morgan fingerprint density at radius 2 is 1.92 bits per heavy atom. The van der Waals surface area contributed by atoms with Gasteiger partial charge in [-0.25, -0.2) is 4.39 Å². The topological polar surface area (TPSA) is 154 Å². The van der Waals surface area contributed by atoms with E-state index in [-0.39, 0.29) is 35.5 Å². The number of ether oxygens (including phenoxy) is 1. The molecule has 37 heavy (non-hydrogen) atoms. The van der Waals surface area contributed by atoms with Gasteiger partial charge in [0.2, 0.25) is 5.91 Å². The maximum absolute atomic E-state index is 14.4. The van der Waals surface area contributed by atoms with Crippen molar-refractivity contribution in [3.63, 3.8) is 0 Å². The quantitative estimate of drug-likeness (QED) is 0.268. The summed E-state index contributed by atoms with van der Waals surface area (Å²) in [4.78, 5) is 45.1. The number of pyridine rings is 1. The molecule has 2 aromatic heterocycles. The lowest BCUT2D eigenvalue weighted by Gasteiger charge is -2.27. The molecule has 1 unspecified atom stereocenters. The number of carbonyl (C=O) groups excluding carboxylic acids is 2. The minimum absolute atomic E-state index is 0.0157. The van der Waals surface area contributed by atoms with Gasteiger partial charge < -0.3 is 35.8 Å². The van der Waals surface area contributed by atoms with Crippen molar-refractivity contribution >= 4 is 39.3 Å². The number of nitrogens with zero attached hydrogens (tertiary/aromatic N) is 1. The normalized spacial score (nSPS) is 14.7. The molecule has 11 heteroatoms. The molecule has 1 saturated heterocycles. The third-order valence-corrected chi connectivity index (χ3v) is 6.45. The summed E-state index contributed by atoms with van der Waals surface area (Å²) < 4.78 is 19.6. The molecule has 1 fully saturated rings. The van der Waals surface area contributed by atoms with E-state index in [0.717, 1.165) is 5.39 Å². The molecule has 0 aliphatic carbocycles. The first-order chi connectivity index (χ1) is 17.8. The average molecular weight is 508 g/mol. The van der Waals surface area contributed by atoms with E-state index in [1.807, 2.05) is 0 Å². The van der Waals surface area contributed by atoms with Crippen molar-refractivity contribution in [3.8, 4) is 11.3 Å². The Labute approximate surface area is 210 Å². The summed E-state index contributed by atoms with van der Waals surface area (Å²) in [6, 6.07) is 10.9. The fourth-order valence-corrected chi connectivity index (χ4v) is 4.53. The van der Waals surface area contributed by atoms with Gasteiger partial charge in [0.05, 0.1) is 53.6 Å². The summed E-state index contributed by atoms with van der Waals surface area (Å²) >= 11 is 0. The second-order valence-corrected chi connectivity index (χ2v) is 8.95. The van der Waals surface area contributed by atoms with E-state index in [4.69, 9.17) is 10.5 Å². The van der Waals surface area contributed by atoms with Crippen LogP contribution in [0.5, 0.6) is 0 Å². The van der Waals surface area contributed by atoms with Gasteiger partial charge in [-0.3, -0.25) is 14.4 Å². The molecule has 0 bridgehead atoms. The molecular formula is C26H26FN5O5. The van der Waals surface area contributed by atoms with Gasteiger partial charge in [0.25, 0.3) is 11.5 Å². The van der Waals surface area contributed by atoms with Crippen LogP contribution in [0.3, 0.4) is 0 Å². The van der Waals surface area contributed by atoms with Crippen LogP contribution in [0.2, 0.25) is 0 Å². The SMILES string of the molecule is Nc1c(-c2cc3ccc(C(=O)NCC(O)CC(=O)N4CCOCC4)cc3[nH]2)c(=O)[nH]c2cccc(F)c12. The van der Waals surface area contributed by atoms with Crippen molar-refractivity contribution < 1.29 is 23.8 Å². The zero-order valence-corrected chi connectivity index (χ0v) is 19.8. The van der Waals surface area contributed by atoms with Crippen LogP contribution in [-0.2, 0) is 9.53 Å². The van der Waals surface area contributed by atoms with Gasteiger partial charge in [-0.2, -0.15) is 0 Å². The first-order valence-corrected chi connectivity index (χ1v) is 11.9. The number of aromatic nitrogens is 2. The predicted octanol–water partition coefficient (Wildman–Crippen LogP) is 1.74. The first kappa shape index (κ1) is 24.5. The standard InChI is InChI=1S/C26H26FN5O5/c27-17-2-1-3-18-22(17)24(28)23(26(36)31-18)20-10-14-4-5-15(11-19(14)30-20)25(35)29-13-16(33)12-21(34)32-6-8-37-9-7-32/h1-5,10-11,16,30,33H,6-9,12-13H2,(H,29,35)(H3,28,31,36). The number of morpholine rings is 1. The third-order valence-electron chi connectivity index (χ3n) is 6.45. The van der Waals surface area contributed by atoms with Crippen LogP contribution in [-0.4, -0.2) is 70.7 Å². The molecule has 1 aliphatic heterocycles. The Balaban J connectivity index is 1.31. The van der Waals surface area contributed by atoms with Gasteiger partial charge in [0, 0.05) is 36.1 Å². The first-order valence-electron chi connectivity index (χ1n) is 11.9. The smallest absolute Gasteiger partial charge is 0.259 e. The molecule has 0 saturated carbocycles. The van der Waals surface area contributed by atoms with Crippen LogP contribution < -0.4 is 16.6 Å². The highest BCUT2D eigenvalue weighted by Crippen LogP contribution is 2.31. The van der Waals surface area contributed by atoms with Gasteiger partial charge in [-0.05, 0) is 30.3 Å². The maximum atomic E-state index is 14.4. The van der Waals surface area contributed by atoms with Crippen molar-refractivity contribution in [2.45, 2.75) is 12.5 Å². The fourth-order valence-electron chi connectivity index (χ4n) is 4.53. The van der Waals surface area contributed by atoms with Gasteiger partial charge >= 0.3 is 0 Å². The number of benzene rings is 2. The average Bonchev–Trinajstić information content (AvgIpc) is 3.30. The van der Waals surface area contributed by atoms with Crippen LogP contribution in [0.15, 0.2) is 47.3 Å². The number of rotatable bonds is 6. The Morgan fingerprint density at radius 3 is 2.70 bits per heavy atom. The number of amides is 2. The molecule has 2 aromatic carbocycles. The monoisotopic (exact) mass is 507 g/mol. The molecule has 0 spiro atoms. The Hall–Kier alpha value is -4.22. The van der Waals surface area contributed by atoms with Crippen LogP contribution in [0.1, 0.15) is 16.8 Å². The van der Waals surface area contributed by atoms with Crippen LogP contribution in [0.25, 0.3) is 33.1 Å². The van der Waals surface area contributed by atoms with Crippen molar-refractivity contribution in [1.29, 1.82) is 0 Å². The summed E-state index contributed by atoms with van der Waals surface area (Å²) in [5.74, 6) is -1.16. The number of aliphatic hydroxyl groups is 1. The van der Waals surface area contributed by atoms with Crippen molar-refractivity contribution in [2.75, 3.05) is 38.6 Å². The number of H-pyrrole nitrogens is 2. The van der Waals surface area contributed by atoms with Crippen LogP contribution in [0, 0.1) is 5.82 Å². The third kappa shape index (κ3) is 4.91. The lowest BCUT2D eigenvalue weighted by Crippen LogP contribution is -2.43. The van der Waals surface area contributed by atoms with Crippen molar-refractivity contribution in [2.24, 2.45) is 0 Å². The number of nitrogen functional groups attached to an aromatic ring is 1. The molecule has 3 heterocycles. The van der Waals surface area contributed by atoms with Crippen molar-refractivity contribution in [1.82, 2.24) is 20.2 Å².